The van der Waals surface area contributed by atoms with Crippen LogP contribution in [0.4, 0.5) is 0 Å². The van der Waals surface area contributed by atoms with Crippen molar-refractivity contribution in [2.24, 2.45) is 0 Å². The van der Waals surface area contributed by atoms with Crippen LogP contribution in [0.3, 0.4) is 0 Å². The summed E-state index contributed by atoms with van der Waals surface area (Å²) in [6.45, 7) is 2.06. The summed E-state index contributed by atoms with van der Waals surface area (Å²) >= 11 is 3.53. The summed E-state index contributed by atoms with van der Waals surface area (Å²) in [5.74, 6) is -0.0617. The van der Waals surface area contributed by atoms with Gasteiger partial charge in [-0.25, -0.2) is 0 Å². The van der Waals surface area contributed by atoms with Crippen LogP contribution in [0.15, 0.2) is 21.8 Å². The normalized spacial score (nSPS) is 33.3. The number of Topliss-reactive ketones (excluding diaryl/α,β-unsaturated/α-hetero) is 1. The van der Waals surface area contributed by atoms with E-state index in [0.29, 0.717) is 6.42 Å². The maximum atomic E-state index is 12.5. The van der Waals surface area contributed by atoms with Crippen LogP contribution in [0.5, 0.6) is 0 Å². The van der Waals surface area contributed by atoms with Crippen molar-refractivity contribution >= 4 is 27.6 Å². The molecule has 1 aliphatic carbocycles. The number of carbonyl (C=O) groups is 2. The fourth-order valence-electron chi connectivity index (χ4n) is 3.36. The molecule has 1 amide bonds. The summed E-state index contributed by atoms with van der Waals surface area (Å²) in [4.78, 5) is 24.6. The lowest BCUT2D eigenvalue weighted by atomic mass is 9.82. The number of rotatable bonds is 2. The summed E-state index contributed by atoms with van der Waals surface area (Å²) in [7, 11) is 0. The van der Waals surface area contributed by atoms with E-state index in [-0.39, 0.29) is 24.2 Å². The summed E-state index contributed by atoms with van der Waals surface area (Å²) in [5, 5.41) is 2.92. The second-order valence-corrected chi connectivity index (χ2v) is 6.53. The minimum Gasteiger partial charge on any atom is -0.356 e. The Kier molecular flexibility index (Phi) is 3.58. The van der Waals surface area contributed by atoms with Crippen LogP contribution in [-0.4, -0.2) is 23.4 Å². The number of allylic oxidation sites excluding steroid dienone is 2. The fourth-order valence-corrected chi connectivity index (χ4v) is 4.15. The molecule has 0 aromatic rings. The Morgan fingerprint density at radius 3 is 3.05 bits per heavy atom. The number of amides is 1. The number of hydrogen-bond donors (Lipinski definition) is 1. The third-order valence-corrected chi connectivity index (χ3v) is 4.89. The van der Waals surface area contributed by atoms with Gasteiger partial charge in [0, 0.05) is 28.6 Å². The Morgan fingerprint density at radius 2 is 2.30 bits per heavy atom. The molecule has 0 radical (unpaired) electrons. The summed E-state index contributed by atoms with van der Waals surface area (Å²) in [5.41, 5.74) is 0.664. The van der Waals surface area contributed by atoms with Crippen molar-refractivity contribution < 1.29 is 14.3 Å². The SMILES string of the molecule is CCC[C@@H]1CC(=O)C[C@@]2(O1)C(=O)NC1=C2C(Br)=CCC1. The number of halogens is 1. The van der Waals surface area contributed by atoms with Crippen LogP contribution in [0.2, 0.25) is 0 Å². The number of nitrogens with one attached hydrogen (secondary N) is 1. The van der Waals surface area contributed by atoms with Crippen molar-refractivity contribution in [2.75, 3.05) is 0 Å². The maximum absolute atomic E-state index is 12.5. The summed E-state index contributed by atoms with van der Waals surface area (Å²) < 4.78 is 7.03. The van der Waals surface area contributed by atoms with Gasteiger partial charge < -0.3 is 10.1 Å². The third-order valence-electron chi connectivity index (χ3n) is 4.17. The zero-order chi connectivity index (χ0) is 14.3. The third kappa shape index (κ3) is 2.07. The molecule has 3 aliphatic rings. The Hall–Kier alpha value is -0.940. The zero-order valence-electron chi connectivity index (χ0n) is 11.5. The molecule has 3 rings (SSSR count). The van der Waals surface area contributed by atoms with Gasteiger partial charge in [-0.3, -0.25) is 9.59 Å². The van der Waals surface area contributed by atoms with Gasteiger partial charge in [-0.05, 0) is 19.3 Å². The fraction of sp³-hybridized carbons (Fsp3) is 0.600. The molecule has 2 heterocycles. The molecule has 0 aromatic carbocycles. The molecule has 1 fully saturated rings. The van der Waals surface area contributed by atoms with E-state index in [1.807, 2.05) is 0 Å². The summed E-state index contributed by atoms with van der Waals surface area (Å²) in [6.07, 6.45) is 5.92. The standard InChI is InChI=1S/C15H18BrNO3/c1-2-4-10-7-9(18)8-15(20-10)13-11(16)5-3-6-12(13)17-14(15)19/h5,10H,2-4,6-8H2,1H3,(H,17,19)/t10-,15+/m1/s1. The quantitative estimate of drug-likeness (QED) is 0.841. The second-order valence-electron chi connectivity index (χ2n) is 5.67. The lowest BCUT2D eigenvalue weighted by Gasteiger charge is -2.38. The molecule has 0 unspecified atom stereocenters. The number of fused-ring (bicyclic) bond motifs is 1. The van der Waals surface area contributed by atoms with Gasteiger partial charge in [-0.15, -0.1) is 0 Å². The number of carbonyl (C=O) groups excluding carboxylic acids is 2. The lowest BCUT2D eigenvalue weighted by Crippen LogP contribution is -2.51. The zero-order valence-corrected chi connectivity index (χ0v) is 13.1. The van der Waals surface area contributed by atoms with Gasteiger partial charge in [0.1, 0.15) is 5.78 Å². The molecule has 2 atom stereocenters. The van der Waals surface area contributed by atoms with Crippen molar-refractivity contribution in [2.45, 2.75) is 57.2 Å². The Labute approximate surface area is 126 Å². The van der Waals surface area contributed by atoms with Crippen LogP contribution in [0, 0.1) is 0 Å². The molecular formula is C15H18BrNO3. The number of hydrogen-bond acceptors (Lipinski definition) is 3. The van der Waals surface area contributed by atoms with Crippen LogP contribution in [-0.2, 0) is 14.3 Å². The molecule has 1 N–H and O–H groups in total. The molecule has 0 saturated carbocycles. The van der Waals surface area contributed by atoms with Gasteiger partial charge in [0.15, 0.2) is 5.60 Å². The summed E-state index contributed by atoms with van der Waals surface area (Å²) in [6, 6.07) is 0. The van der Waals surface area contributed by atoms with Crippen LogP contribution >= 0.6 is 15.9 Å². The average molecular weight is 340 g/mol. The van der Waals surface area contributed by atoms with Crippen molar-refractivity contribution in [3.8, 4) is 0 Å². The lowest BCUT2D eigenvalue weighted by molar-refractivity contribution is -0.162. The monoisotopic (exact) mass is 339 g/mol. The first-order chi connectivity index (χ1) is 9.56. The van der Waals surface area contributed by atoms with E-state index in [0.717, 1.165) is 41.4 Å². The molecule has 5 heteroatoms. The molecular weight excluding hydrogens is 322 g/mol. The molecule has 4 nitrogen and oxygen atoms in total. The number of ketones is 1. The highest BCUT2D eigenvalue weighted by Crippen LogP contribution is 2.46. The Bertz CT molecular complexity index is 537. The second kappa shape index (κ2) is 5.11. The molecule has 2 aliphatic heterocycles. The van der Waals surface area contributed by atoms with Crippen molar-refractivity contribution in [1.29, 1.82) is 0 Å². The van der Waals surface area contributed by atoms with E-state index in [9.17, 15) is 9.59 Å². The average Bonchev–Trinajstić information content (AvgIpc) is 2.63. The van der Waals surface area contributed by atoms with Gasteiger partial charge in [0.2, 0.25) is 0 Å². The first-order valence-electron chi connectivity index (χ1n) is 7.17. The van der Waals surface area contributed by atoms with E-state index < -0.39 is 5.60 Å². The minimum absolute atomic E-state index is 0.115. The van der Waals surface area contributed by atoms with E-state index in [1.54, 1.807) is 0 Å². The van der Waals surface area contributed by atoms with Gasteiger partial charge >= 0.3 is 0 Å². The van der Waals surface area contributed by atoms with Crippen molar-refractivity contribution in [1.82, 2.24) is 5.32 Å². The number of ether oxygens (including phenoxy) is 1. The maximum Gasteiger partial charge on any atom is 0.261 e. The Balaban J connectivity index is 2.01. The van der Waals surface area contributed by atoms with Crippen molar-refractivity contribution in [3.05, 3.63) is 21.8 Å². The topological polar surface area (TPSA) is 55.4 Å². The highest BCUT2D eigenvalue weighted by Gasteiger charge is 2.55. The highest BCUT2D eigenvalue weighted by atomic mass is 79.9. The molecule has 1 spiro atoms. The van der Waals surface area contributed by atoms with E-state index in [2.05, 4.69) is 34.2 Å². The highest BCUT2D eigenvalue weighted by molar-refractivity contribution is 9.12. The van der Waals surface area contributed by atoms with Gasteiger partial charge in [0.05, 0.1) is 6.10 Å². The van der Waals surface area contributed by atoms with Gasteiger partial charge in [-0.2, -0.15) is 0 Å². The van der Waals surface area contributed by atoms with Crippen LogP contribution in [0.1, 0.15) is 45.4 Å². The molecule has 0 aromatic heterocycles. The van der Waals surface area contributed by atoms with Crippen LogP contribution in [0.25, 0.3) is 0 Å². The molecule has 0 bridgehead atoms. The molecule has 108 valence electrons. The van der Waals surface area contributed by atoms with Gasteiger partial charge in [0.25, 0.3) is 5.91 Å². The van der Waals surface area contributed by atoms with E-state index in [4.69, 9.17) is 4.74 Å². The predicted octanol–water partition coefficient (Wildman–Crippen LogP) is 2.73. The molecule has 20 heavy (non-hydrogen) atoms. The van der Waals surface area contributed by atoms with E-state index in [1.165, 1.54) is 0 Å². The first kappa shape index (κ1) is 14.0. The predicted molar refractivity (Wildman–Crippen MR) is 78.2 cm³/mol. The minimum atomic E-state index is -1.10. The van der Waals surface area contributed by atoms with E-state index >= 15 is 0 Å². The smallest absolute Gasteiger partial charge is 0.261 e. The first-order valence-corrected chi connectivity index (χ1v) is 7.96. The van der Waals surface area contributed by atoms with Gasteiger partial charge in [-0.1, -0.05) is 35.4 Å². The largest absolute Gasteiger partial charge is 0.356 e. The molecule has 1 saturated heterocycles. The Morgan fingerprint density at radius 1 is 1.50 bits per heavy atom. The van der Waals surface area contributed by atoms with Crippen molar-refractivity contribution in [3.63, 3.8) is 0 Å². The van der Waals surface area contributed by atoms with Crippen LogP contribution < -0.4 is 5.32 Å².